The molecule has 110 valence electrons. The largest absolute Gasteiger partial charge is 0.494 e. The molecule has 1 aromatic rings. The summed E-state index contributed by atoms with van der Waals surface area (Å²) in [6, 6.07) is 8.65. The van der Waals surface area contributed by atoms with Gasteiger partial charge in [0, 0.05) is 6.04 Å². The molecule has 0 spiro atoms. The molecule has 20 heavy (non-hydrogen) atoms. The van der Waals surface area contributed by atoms with Gasteiger partial charge in [-0.1, -0.05) is 19.1 Å². The molecule has 0 aromatic heterocycles. The Morgan fingerprint density at radius 3 is 2.80 bits per heavy atom. The van der Waals surface area contributed by atoms with Gasteiger partial charge in [0.1, 0.15) is 5.75 Å². The molecule has 0 saturated carbocycles. The summed E-state index contributed by atoms with van der Waals surface area (Å²) in [7, 11) is 0. The van der Waals surface area contributed by atoms with Gasteiger partial charge in [-0.15, -0.1) is 0 Å². The molecule has 3 saturated heterocycles. The van der Waals surface area contributed by atoms with Crippen molar-refractivity contribution in [2.45, 2.75) is 44.8 Å². The van der Waals surface area contributed by atoms with Crippen LogP contribution in [0.2, 0.25) is 0 Å². The lowest BCUT2D eigenvalue weighted by Gasteiger charge is -2.49. The van der Waals surface area contributed by atoms with Crippen molar-refractivity contribution < 1.29 is 9.84 Å². The molecule has 3 fully saturated rings. The highest BCUT2D eigenvalue weighted by Gasteiger charge is 2.40. The van der Waals surface area contributed by atoms with Crippen LogP contribution in [0.1, 0.15) is 31.7 Å². The van der Waals surface area contributed by atoms with Crippen LogP contribution < -0.4 is 4.74 Å². The van der Waals surface area contributed by atoms with E-state index in [-0.39, 0.29) is 6.10 Å². The van der Waals surface area contributed by atoms with Gasteiger partial charge in [-0.3, -0.25) is 4.90 Å². The van der Waals surface area contributed by atoms with Gasteiger partial charge in [-0.25, -0.2) is 0 Å². The molecule has 0 aliphatic carbocycles. The molecule has 0 radical (unpaired) electrons. The number of benzene rings is 1. The molecule has 2 bridgehead atoms. The van der Waals surface area contributed by atoms with E-state index in [1.165, 1.54) is 5.56 Å². The standard InChI is InChI=1S/C17H25NO2/c1-2-10-20-15-5-3-4-13(11-15)12-16-17(19)14-6-8-18(16)9-7-14/h3-5,11,14,16-17,19H,2,6-10,12H2,1H3. The first kappa shape index (κ1) is 13.9. The van der Waals surface area contributed by atoms with Crippen LogP contribution in [0.5, 0.6) is 5.75 Å². The summed E-state index contributed by atoms with van der Waals surface area (Å²) in [5, 5.41) is 10.5. The molecule has 3 nitrogen and oxygen atoms in total. The van der Waals surface area contributed by atoms with Gasteiger partial charge in [0.25, 0.3) is 0 Å². The number of piperidine rings is 3. The van der Waals surface area contributed by atoms with Crippen molar-refractivity contribution in [2.75, 3.05) is 19.7 Å². The zero-order valence-electron chi connectivity index (χ0n) is 12.3. The Hall–Kier alpha value is -1.06. The number of rotatable bonds is 5. The maximum absolute atomic E-state index is 10.5. The third kappa shape index (κ3) is 2.84. The van der Waals surface area contributed by atoms with E-state index in [0.717, 1.165) is 51.1 Å². The van der Waals surface area contributed by atoms with Crippen LogP contribution in [0.25, 0.3) is 0 Å². The first-order valence-corrected chi connectivity index (χ1v) is 7.92. The van der Waals surface area contributed by atoms with E-state index in [2.05, 4.69) is 30.0 Å². The fraction of sp³-hybridized carbons (Fsp3) is 0.647. The number of aliphatic hydroxyl groups excluding tert-OH is 1. The number of hydrogen-bond acceptors (Lipinski definition) is 3. The Balaban J connectivity index is 1.68. The minimum Gasteiger partial charge on any atom is -0.494 e. The lowest BCUT2D eigenvalue weighted by molar-refractivity contribution is -0.0715. The molecular formula is C17H25NO2. The zero-order chi connectivity index (χ0) is 13.9. The molecule has 1 N–H and O–H groups in total. The van der Waals surface area contributed by atoms with E-state index >= 15 is 0 Å². The minimum absolute atomic E-state index is 0.155. The first-order chi connectivity index (χ1) is 9.78. The highest BCUT2D eigenvalue weighted by atomic mass is 16.5. The van der Waals surface area contributed by atoms with E-state index in [0.29, 0.717) is 12.0 Å². The van der Waals surface area contributed by atoms with Crippen LogP contribution in [-0.4, -0.2) is 41.8 Å². The molecule has 3 heteroatoms. The first-order valence-electron chi connectivity index (χ1n) is 7.92. The zero-order valence-corrected chi connectivity index (χ0v) is 12.3. The van der Waals surface area contributed by atoms with E-state index in [4.69, 9.17) is 4.74 Å². The maximum Gasteiger partial charge on any atom is 0.119 e. The summed E-state index contributed by atoms with van der Waals surface area (Å²) < 4.78 is 5.70. The van der Waals surface area contributed by atoms with Crippen molar-refractivity contribution in [3.63, 3.8) is 0 Å². The molecule has 2 unspecified atom stereocenters. The summed E-state index contributed by atoms with van der Waals surface area (Å²) in [5.74, 6) is 1.47. The number of ether oxygens (including phenoxy) is 1. The van der Waals surface area contributed by atoms with Crippen LogP contribution in [-0.2, 0) is 6.42 Å². The van der Waals surface area contributed by atoms with E-state index in [1.54, 1.807) is 0 Å². The summed E-state index contributed by atoms with van der Waals surface area (Å²) in [4.78, 5) is 2.46. The lowest BCUT2D eigenvalue weighted by atomic mass is 9.78. The average Bonchev–Trinajstić information content (AvgIpc) is 2.50. The molecule has 3 heterocycles. The summed E-state index contributed by atoms with van der Waals surface area (Å²) >= 11 is 0. The molecule has 3 aliphatic heterocycles. The van der Waals surface area contributed by atoms with Gasteiger partial charge >= 0.3 is 0 Å². The van der Waals surface area contributed by atoms with Crippen LogP contribution in [0, 0.1) is 5.92 Å². The second-order valence-electron chi connectivity index (χ2n) is 6.13. The maximum atomic E-state index is 10.5. The summed E-state index contributed by atoms with van der Waals surface area (Å²) in [6.45, 7) is 5.19. The van der Waals surface area contributed by atoms with E-state index in [9.17, 15) is 5.11 Å². The molecule has 0 amide bonds. The molecule has 1 aromatic carbocycles. The van der Waals surface area contributed by atoms with E-state index in [1.807, 2.05) is 6.07 Å². The van der Waals surface area contributed by atoms with Gasteiger partial charge in [-0.05, 0) is 62.4 Å². The highest BCUT2D eigenvalue weighted by molar-refractivity contribution is 5.29. The predicted molar refractivity (Wildman–Crippen MR) is 80.0 cm³/mol. The van der Waals surface area contributed by atoms with Gasteiger partial charge in [0.15, 0.2) is 0 Å². The lowest BCUT2D eigenvalue weighted by Crippen LogP contribution is -2.58. The van der Waals surface area contributed by atoms with Crippen LogP contribution in [0.4, 0.5) is 0 Å². The normalized spacial score (nSPS) is 32.3. The van der Waals surface area contributed by atoms with Crippen molar-refractivity contribution in [2.24, 2.45) is 5.92 Å². The average molecular weight is 275 g/mol. The molecule has 4 rings (SSSR count). The quantitative estimate of drug-likeness (QED) is 0.896. The Morgan fingerprint density at radius 1 is 1.30 bits per heavy atom. The molecule has 3 aliphatic rings. The number of nitrogens with zero attached hydrogens (tertiary/aromatic N) is 1. The predicted octanol–water partition coefficient (Wildman–Crippen LogP) is 2.47. The monoisotopic (exact) mass is 275 g/mol. The van der Waals surface area contributed by atoms with Gasteiger partial charge < -0.3 is 9.84 Å². The summed E-state index contributed by atoms with van der Waals surface area (Å²) in [5.41, 5.74) is 1.27. The Morgan fingerprint density at radius 2 is 2.10 bits per heavy atom. The topological polar surface area (TPSA) is 32.7 Å². The van der Waals surface area contributed by atoms with Crippen molar-refractivity contribution in [3.8, 4) is 5.75 Å². The van der Waals surface area contributed by atoms with Crippen molar-refractivity contribution in [1.82, 2.24) is 4.90 Å². The fourth-order valence-corrected chi connectivity index (χ4v) is 3.60. The van der Waals surface area contributed by atoms with Gasteiger partial charge in [0.2, 0.25) is 0 Å². The second kappa shape index (κ2) is 6.15. The highest BCUT2D eigenvalue weighted by Crippen LogP contribution is 2.34. The SMILES string of the molecule is CCCOc1cccc(CC2C(O)C3CCN2CC3)c1. The number of aliphatic hydroxyl groups is 1. The Labute approximate surface area is 121 Å². The smallest absolute Gasteiger partial charge is 0.119 e. The van der Waals surface area contributed by atoms with Crippen molar-refractivity contribution in [1.29, 1.82) is 0 Å². The van der Waals surface area contributed by atoms with Gasteiger partial charge in [-0.2, -0.15) is 0 Å². The summed E-state index contributed by atoms with van der Waals surface area (Å²) in [6.07, 6.45) is 4.13. The number of fused-ring (bicyclic) bond motifs is 3. The fourth-order valence-electron chi connectivity index (χ4n) is 3.60. The van der Waals surface area contributed by atoms with Gasteiger partial charge in [0.05, 0.1) is 12.7 Å². The van der Waals surface area contributed by atoms with Crippen LogP contribution in [0.15, 0.2) is 24.3 Å². The van der Waals surface area contributed by atoms with Crippen molar-refractivity contribution >= 4 is 0 Å². The minimum atomic E-state index is -0.155. The Kier molecular flexibility index (Phi) is 4.27. The van der Waals surface area contributed by atoms with E-state index < -0.39 is 0 Å². The Bertz CT molecular complexity index is 438. The van der Waals surface area contributed by atoms with Crippen LogP contribution >= 0.6 is 0 Å². The molecular weight excluding hydrogens is 250 g/mol. The van der Waals surface area contributed by atoms with Crippen LogP contribution in [0.3, 0.4) is 0 Å². The van der Waals surface area contributed by atoms with Crippen molar-refractivity contribution in [3.05, 3.63) is 29.8 Å². The third-order valence-electron chi connectivity index (χ3n) is 4.74. The number of hydrogen-bond donors (Lipinski definition) is 1. The third-order valence-corrected chi connectivity index (χ3v) is 4.74. The molecule has 2 atom stereocenters. The second-order valence-corrected chi connectivity index (χ2v) is 6.13.